The van der Waals surface area contributed by atoms with E-state index >= 15 is 4.39 Å². The van der Waals surface area contributed by atoms with E-state index in [4.69, 9.17) is 4.42 Å². The Bertz CT molecular complexity index is 1760. The summed E-state index contributed by atoms with van der Waals surface area (Å²) in [4.78, 5) is 28.2. The van der Waals surface area contributed by atoms with Gasteiger partial charge in [-0.05, 0) is 42.7 Å². The number of benzene rings is 2. The molecule has 0 aliphatic rings. The van der Waals surface area contributed by atoms with E-state index in [0.29, 0.717) is 4.90 Å². The van der Waals surface area contributed by atoms with Crippen LogP contribution >= 0.6 is 11.8 Å². The van der Waals surface area contributed by atoms with Crippen molar-refractivity contribution in [3.8, 4) is 17.2 Å². The average molecular weight is 491 g/mol. The third-order valence-electron chi connectivity index (χ3n) is 5.82. The number of pyridine rings is 1. The first-order chi connectivity index (χ1) is 16.8. The fourth-order valence-electron chi connectivity index (χ4n) is 4.32. The number of H-pyrrole nitrogens is 1. The molecule has 0 unspecified atom stereocenters. The molecule has 174 valence electrons. The van der Waals surface area contributed by atoms with Crippen LogP contribution in [0.4, 0.5) is 8.78 Å². The standard InChI is InChI=1S/C25H15F2N3O4S/c1-35-19-9-16(26)13(7-12(19)10-28)11-30-18-8-17(27)14-4-6-34-23(14)21(18)20(22(30)25(32)33)15-3-2-5-29-24(15)31/h2-9H,11H2,1H3,(H,29,31)(H,32,33). The Morgan fingerprint density at radius 3 is 2.74 bits per heavy atom. The molecule has 0 atom stereocenters. The minimum Gasteiger partial charge on any atom is -0.477 e. The predicted octanol–water partition coefficient (Wildman–Crippen LogP) is 5.36. The first-order valence-electron chi connectivity index (χ1n) is 10.3. The minimum absolute atomic E-state index is 0.0240. The van der Waals surface area contributed by atoms with Crippen molar-refractivity contribution in [3.05, 3.63) is 87.7 Å². The van der Waals surface area contributed by atoms with Crippen molar-refractivity contribution in [2.45, 2.75) is 11.4 Å². The zero-order chi connectivity index (χ0) is 24.9. The zero-order valence-electron chi connectivity index (χ0n) is 18.1. The molecule has 0 aliphatic heterocycles. The number of hydrogen-bond donors (Lipinski definition) is 2. The Hall–Kier alpha value is -4.36. The highest BCUT2D eigenvalue weighted by Gasteiger charge is 2.29. The lowest BCUT2D eigenvalue weighted by atomic mass is 10.0. The molecular weight excluding hydrogens is 476 g/mol. The van der Waals surface area contributed by atoms with Crippen molar-refractivity contribution >= 4 is 39.6 Å². The molecule has 3 heterocycles. The number of halogens is 2. The molecule has 0 saturated heterocycles. The molecular formula is C25H15F2N3O4S. The highest BCUT2D eigenvalue weighted by molar-refractivity contribution is 7.98. The summed E-state index contributed by atoms with van der Waals surface area (Å²) >= 11 is 1.20. The van der Waals surface area contributed by atoms with Gasteiger partial charge in [0.25, 0.3) is 5.56 Å². The number of furan rings is 1. The van der Waals surface area contributed by atoms with Crippen molar-refractivity contribution in [1.29, 1.82) is 5.26 Å². The zero-order valence-corrected chi connectivity index (χ0v) is 18.9. The van der Waals surface area contributed by atoms with Gasteiger partial charge in [-0.15, -0.1) is 11.8 Å². The first kappa shape index (κ1) is 22.4. The van der Waals surface area contributed by atoms with Gasteiger partial charge in [0.15, 0.2) is 0 Å². The number of nitrogens with zero attached hydrogens (tertiary/aromatic N) is 2. The summed E-state index contributed by atoms with van der Waals surface area (Å²) in [5, 5.41) is 20.0. The summed E-state index contributed by atoms with van der Waals surface area (Å²) in [7, 11) is 0. The first-order valence-corrected chi connectivity index (χ1v) is 11.5. The Labute approximate surface area is 200 Å². The maximum absolute atomic E-state index is 15.0. The smallest absolute Gasteiger partial charge is 0.353 e. The number of fused-ring (bicyclic) bond motifs is 3. The van der Waals surface area contributed by atoms with Gasteiger partial charge in [0.05, 0.1) is 40.2 Å². The second-order valence-electron chi connectivity index (χ2n) is 7.70. The number of carboxylic acids is 1. The van der Waals surface area contributed by atoms with E-state index in [1.54, 1.807) is 6.26 Å². The fraction of sp³-hybridized carbons (Fsp3) is 0.0800. The van der Waals surface area contributed by atoms with Gasteiger partial charge in [-0.3, -0.25) is 4.79 Å². The molecule has 0 aliphatic carbocycles. The molecule has 0 bridgehead atoms. The number of carboxylic acid groups (broad SMARTS) is 1. The molecule has 0 radical (unpaired) electrons. The number of thioether (sulfide) groups is 1. The topological polar surface area (TPSA) is 112 Å². The summed E-state index contributed by atoms with van der Waals surface area (Å²) in [6.45, 7) is -0.330. The maximum atomic E-state index is 15.0. The van der Waals surface area contributed by atoms with Gasteiger partial charge in [0.1, 0.15) is 29.0 Å². The molecule has 0 amide bonds. The monoisotopic (exact) mass is 491 g/mol. The number of aromatic amines is 1. The van der Waals surface area contributed by atoms with Crippen LogP contribution in [0.15, 0.2) is 63.0 Å². The van der Waals surface area contributed by atoms with E-state index in [9.17, 15) is 24.3 Å². The number of nitrogens with one attached hydrogen (secondary N) is 1. The lowest BCUT2D eigenvalue weighted by Crippen LogP contribution is -2.14. The summed E-state index contributed by atoms with van der Waals surface area (Å²) in [6, 6.07) is 10.1. The van der Waals surface area contributed by atoms with Gasteiger partial charge < -0.3 is 19.1 Å². The summed E-state index contributed by atoms with van der Waals surface area (Å²) in [5.41, 5.74) is -0.409. The Morgan fingerprint density at radius 2 is 2.06 bits per heavy atom. The maximum Gasteiger partial charge on any atom is 0.353 e. The van der Waals surface area contributed by atoms with Crippen LogP contribution in [0.5, 0.6) is 0 Å². The molecule has 0 fully saturated rings. The molecule has 5 aromatic rings. The lowest BCUT2D eigenvalue weighted by Gasteiger charge is -2.12. The SMILES string of the molecule is CSc1cc(F)c(Cn2c(C(=O)O)c(-c3ccc[nH]c3=O)c3c4occc4c(F)cc32)cc1C#N. The predicted molar refractivity (Wildman–Crippen MR) is 127 cm³/mol. The highest BCUT2D eigenvalue weighted by Crippen LogP contribution is 2.40. The van der Waals surface area contributed by atoms with Crippen LogP contribution in [-0.4, -0.2) is 26.9 Å². The Morgan fingerprint density at radius 1 is 1.26 bits per heavy atom. The fourth-order valence-corrected chi connectivity index (χ4v) is 4.87. The van der Waals surface area contributed by atoms with E-state index in [-0.39, 0.29) is 56.4 Å². The van der Waals surface area contributed by atoms with Crippen molar-refractivity contribution < 1.29 is 23.1 Å². The van der Waals surface area contributed by atoms with Gasteiger partial charge in [0.2, 0.25) is 0 Å². The van der Waals surface area contributed by atoms with Crippen LogP contribution in [0, 0.1) is 23.0 Å². The van der Waals surface area contributed by atoms with Gasteiger partial charge >= 0.3 is 5.97 Å². The van der Waals surface area contributed by atoms with Crippen LogP contribution in [0.1, 0.15) is 21.6 Å². The van der Waals surface area contributed by atoms with Gasteiger partial charge in [0, 0.05) is 22.2 Å². The van der Waals surface area contributed by atoms with E-state index in [2.05, 4.69) is 4.98 Å². The highest BCUT2D eigenvalue weighted by atomic mass is 32.2. The molecule has 2 N–H and O–H groups in total. The van der Waals surface area contributed by atoms with Gasteiger partial charge in [-0.1, -0.05) is 0 Å². The molecule has 5 rings (SSSR count). The number of carbonyl (C=O) groups is 1. The Kier molecular flexibility index (Phi) is 5.42. The number of aromatic nitrogens is 2. The third kappa shape index (κ3) is 3.48. The molecule has 10 heteroatoms. The van der Waals surface area contributed by atoms with Crippen molar-refractivity contribution in [2.24, 2.45) is 0 Å². The van der Waals surface area contributed by atoms with E-state index in [0.717, 1.165) is 6.07 Å². The number of hydrogen-bond acceptors (Lipinski definition) is 5. The second-order valence-corrected chi connectivity index (χ2v) is 8.55. The van der Waals surface area contributed by atoms with Crippen LogP contribution in [0.3, 0.4) is 0 Å². The third-order valence-corrected chi connectivity index (χ3v) is 6.60. The van der Waals surface area contributed by atoms with Gasteiger partial charge in [-0.25, -0.2) is 13.6 Å². The summed E-state index contributed by atoms with van der Waals surface area (Å²) in [5.74, 6) is -2.72. The van der Waals surface area contributed by atoms with Crippen molar-refractivity contribution in [1.82, 2.24) is 9.55 Å². The molecule has 0 saturated carbocycles. The van der Waals surface area contributed by atoms with E-state index < -0.39 is 23.2 Å². The summed E-state index contributed by atoms with van der Waals surface area (Å²) in [6.07, 6.45) is 4.38. The van der Waals surface area contributed by atoms with Crippen molar-refractivity contribution in [3.63, 3.8) is 0 Å². The van der Waals surface area contributed by atoms with E-state index in [1.807, 2.05) is 6.07 Å². The van der Waals surface area contributed by atoms with Crippen LogP contribution < -0.4 is 5.56 Å². The molecule has 7 nitrogen and oxygen atoms in total. The van der Waals surface area contributed by atoms with Crippen LogP contribution in [-0.2, 0) is 6.54 Å². The number of nitriles is 1. The van der Waals surface area contributed by atoms with E-state index in [1.165, 1.54) is 59.1 Å². The van der Waals surface area contributed by atoms with Crippen LogP contribution in [0.25, 0.3) is 33.0 Å². The second kappa shape index (κ2) is 8.45. The number of rotatable bonds is 5. The molecule has 0 spiro atoms. The van der Waals surface area contributed by atoms with Gasteiger partial charge in [-0.2, -0.15) is 5.26 Å². The normalized spacial score (nSPS) is 11.3. The minimum atomic E-state index is -1.40. The largest absolute Gasteiger partial charge is 0.477 e. The molecule has 2 aromatic carbocycles. The van der Waals surface area contributed by atoms with Crippen LogP contribution in [0.2, 0.25) is 0 Å². The summed E-state index contributed by atoms with van der Waals surface area (Å²) < 4.78 is 36.7. The molecule has 35 heavy (non-hydrogen) atoms. The Balaban J connectivity index is 1.91. The molecule has 3 aromatic heterocycles. The number of aromatic carboxylic acids is 1. The average Bonchev–Trinajstić information content (AvgIpc) is 3.44. The lowest BCUT2D eigenvalue weighted by molar-refractivity contribution is 0.0687. The van der Waals surface area contributed by atoms with Crippen molar-refractivity contribution in [2.75, 3.05) is 6.26 Å². The quantitative estimate of drug-likeness (QED) is 0.320.